The van der Waals surface area contributed by atoms with Gasteiger partial charge in [0.25, 0.3) is 0 Å². The second kappa shape index (κ2) is 5.85. The minimum absolute atomic E-state index is 0.136. The van der Waals surface area contributed by atoms with E-state index in [0.29, 0.717) is 22.5 Å². The molecule has 4 rings (SSSR count). The Morgan fingerprint density at radius 2 is 2.00 bits per heavy atom. The Bertz CT molecular complexity index is 896. The molecule has 0 spiro atoms. The molecule has 1 aromatic carbocycles. The number of rotatable bonds is 3. The number of nitrogens with one attached hydrogen (secondary N) is 3. The maximum Gasteiger partial charge on any atom is 0.246 e. The summed E-state index contributed by atoms with van der Waals surface area (Å²) in [4.78, 5) is 20.2. The molecule has 120 valence electrons. The van der Waals surface area contributed by atoms with Crippen LogP contribution in [0.2, 0.25) is 0 Å². The molecule has 3 aromatic rings. The summed E-state index contributed by atoms with van der Waals surface area (Å²) in [7, 11) is 0. The van der Waals surface area contributed by atoms with E-state index < -0.39 is 0 Å². The van der Waals surface area contributed by atoms with E-state index in [0.717, 1.165) is 10.6 Å². The van der Waals surface area contributed by atoms with Crippen LogP contribution in [-0.4, -0.2) is 32.1 Å². The monoisotopic (exact) mass is 339 g/mol. The lowest BCUT2D eigenvalue weighted by Crippen LogP contribution is -2.37. The molecule has 1 atom stereocenters. The van der Waals surface area contributed by atoms with E-state index in [-0.39, 0.29) is 11.9 Å². The van der Waals surface area contributed by atoms with E-state index in [9.17, 15) is 4.79 Å². The first kappa shape index (κ1) is 14.5. The maximum atomic E-state index is 11.9. The highest BCUT2D eigenvalue weighted by molar-refractivity contribution is 7.18. The summed E-state index contributed by atoms with van der Waals surface area (Å²) in [5, 5.41) is 18.6. The van der Waals surface area contributed by atoms with Crippen LogP contribution in [0.1, 0.15) is 6.92 Å². The van der Waals surface area contributed by atoms with Crippen LogP contribution in [0.15, 0.2) is 36.7 Å². The summed E-state index contributed by atoms with van der Waals surface area (Å²) >= 11 is 1.41. The Labute approximate surface area is 141 Å². The number of benzene rings is 1. The molecule has 1 aliphatic heterocycles. The zero-order chi connectivity index (χ0) is 16.5. The summed E-state index contributed by atoms with van der Waals surface area (Å²) in [6.07, 6.45) is 1.43. The molecule has 0 radical (unpaired) electrons. The van der Waals surface area contributed by atoms with E-state index in [1.807, 2.05) is 30.3 Å². The van der Waals surface area contributed by atoms with Crippen molar-refractivity contribution in [3.63, 3.8) is 0 Å². The first-order valence-electron chi connectivity index (χ1n) is 7.29. The molecule has 0 aliphatic carbocycles. The molecule has 1 amide bonds. The van der Waals surface area contributed by atoms with Gasteiger partial charge < -0.3 is 16.0 Å². The van der Waals surface area contributed by atoms with Crippen LogP contribution < -0.4 is 16.0 Å². The summed E-state index contributed by atoms with van der Waals surface area (Å²) in [5.41, 5.74) is 1.51. The molecular formula is C15H13N7OS. The van der Waals surface area contributed by atoms with Gasteiger partial charge in [0.2, 0.25) is 11.0 Å². The maximum absolute atomic E-state index is 11.9. The van der Waals surface area contributed by atoms with Crippen molar-refractivity contribution in [2.45, 2.75) is 13.0 Å². The van der Waals surface area contributed by atoms with Crippen LogP contribution in [0, 0.1) is 0 Å². The van der Waals surface area contributed by atoms with E-state index in [1.165, 1.54) is 17.7 Å². The van der Waals surface area contributed by atoms with Gasteiger partial charge in [0.05, 0.1) is 0 Å². The second-order valence-electron chi connectivity index (χ2n) is 5.20. The van der Waals surface area contributed by atoms with E-state index in [4.69, 9.17) is 0 Å². The highest BCUT2D eigenvalue weighted by atomic mass is 32.1. The Hall–Kier alpha value is -3.07. The van der Waals surface area contributed by atoms with Crippen molar-refractivity contribution in [3.8, 4) is 10.6 Å². The summed E-state index contributed by atoms with van der Waals surface area (Å²) < 4.78 is 0. The molecule has 0 bridgehead atoms. The van der Waals surface area contributed by atoms with Crippen LogP contribution in [0.5, 0.6) is 0 Å². The van der Waals surface area contributed by atoms with Gasteiger partial charge in [-0.15, -0.1) is 10.2 Å². The summed E-state index contributed by atoms with van der Waals surface area (Å²) in [6.45, 7) is 1.77. The Morgan fingerprint density at radius 1 is 1.17 bits per heavy atom. The largest absolute Gasteiger partial charge is 0.357 e. The lowest BCUT2D eigenvalue weighted by molar-refractivity contribution is -0.116. The normalized spacial score (nSPS) is 16.0. The van der Waals surface area contributed by atoms with Gasteiger partial charge in [0, 0.05) is 5.56 Å². The van der Waals surface area contributed by atoms with Crippen LogP contribution >= 0.6 is 11.3 Å². The molecule has 3 N–H and O–H groups in total. The fourth-order valence-corrected chi connectivity index (χ4v) is 3.03. The molecule has 0 saturated carbocycles. The molecule has 2 aromatic heterocycles. The van der Waals surface area contributed by atoms with Crippen molar-refractivity contribution in [1.82, 2.24) is 20.2 Å². The second-order valence-corrected chi connectivity index (χ2v) is 6.18. The molecule has 0 saturated heterocycles. The molecule has 1 aliphatic rings. The molecule has 24 heavy (non-hydrogen) atoms. The van der Waals surface area contributed by atoms with Gasteiger partial charge in [-0.3, -0.25) is 4.79 Å². The smallest absolute Gasteiger partial charge is 0.246 e. The van der Waals surface area contributed by atoms with E-state index >= 15 is 0 Å². The third-order valence-corrected chi connectivity index (χ3v) is 4.40. The quantitative estimate of drug-likeness (QED) is 0.673. The predicted molar refractivity (Wildman–Crippen MR) is 92.4 cm³/mol. The summed E-state index contributed by atoms with van der Waals surface area (Å²) in [5.74, 6) is 0.915. The number of hydrogen-bond donors (Lipinski definition) is 3. The SMILES string of the molecule is CC1Nc2ncnc(Nc3nnc(-c4ccccc4)s3)c2NC1=O. The van der Waals surface area contributed by atoms with Crippen LogP contribution in [0.4, 0.5) is 22.5 Å². The molecule has 1 unspecified atom stereocenters. The van der Waals surface area contributed by atoms with Crippen molar-refractivity contribution in [1.29, 1.82) is 0 Å². The Morgan fingerprint density at radius 3 is 2.83 bits per heavy atom. The highest BCUT2D eigenvalue weighted by Crippen LogP contribution is 2.34. The highest BCUT2D eigenvalue weighted by Gasteiger charge is 2.25. The number of carbonyl (C=O) groups is 1. The molecule has 8 nitrogen and oxygen atoms in total. The molecule has 9 heteroatoms. The zero-order valence-electron chi connectivity index (χ0n) is 12.6. The fraction of sp³-hybridized carbons (Fsp3) is 0.133. The molecule has 0 fully saturated rings. The average molecular weight is 339 g/mol. The first-order valence-corrected chi connectivity index (χ1v) is 8.11. The van der Waals surface area contributed by atoms with Gasteiger partial charge in [-0.25, -0.2) is 9.97 Å². The van der Waals surface area contributed by atoms with Crippen molar-refractivity contribution >= 4 is 39.7 Å². The third-order valence-electron chi connectivity index (χ3n) is 3.51. The molecular weight excluding hydrogens is 326 g/mol. The third kappa shape index (κ3) is 2.65. The van der Waals surface area contributed by atoms with Crippen LogP contribution in [0.3, 0.4) is 0 Å². The van der Waals surface area contributed by atoms with Gasteiger partial charge in [-0.2, -0.15) is 0 Å². The van der Waals surface area contributed by atoms with E-state index in [2.05, 4.69) is 36.1 Å². The van der Waals surface area contributed by atoms with Gasteiger partial charge in [0.1, 0.15) is 23.1 Å². The van der Waals surface area contributed by atoms with Gasteiger partial charge in [-0.05, 0) is 6.92 Å². The average Bonchev–Trinajstić information content (AvgIpc) is 3.06. The number of nitrogens with zero attached hydrogens (tertiary/aromatic N) is 4. The number of amides is 1. The number of fused-ring (bicyclic) bond motifs is 1. The minimum Gasteiger partial charge on any atom is -0.357 e. The van der Waals surface area contributed by atoms with Crippen LogP contribution in [-0.2, 0) is 4.79 Å². The number of hydrogen-bond acceptors (Lipinski definition) is 8. The number of carbonyl (C=O) groups excluding carboxylic acids is 1. The van der Waals surface area contributed by atoms with Gasteiger partial charge >= 0.3 is 0 Å². The summed E-state index contributed by atoms with van der Waals surface area (Å²) in [6, 6.07) is 9.46. The standard InChI is InChI=1S/C15H13N7OS/c1-8-13(23)19-10-11(18-8)16-7-17-12(10)20-15-22-21-14(24-15)9-5-3-2-4-6-9/h2-8H,1H3,(H,19,23)(H2,16,17,18,20,22). The fourth-order valence-electron chi connectivity index (χ4n) is 2.28. The number of aromatic nitrogens is 4. The molecule has 3 heterocycles. The van der Waals surface area contributed by atoms with Crippen molar-refractivity contribution in [3.05, 3.63) is 36.7 Å². The number of anilines is 4. The predicted octanol–water partition coefficient (Wildman–Crippen LogP) is 2.49. The first-order chi connectivity index (χ1) is 11.7. The van der Waals surface area contributed by atoms with Gasteiger partial charge in [0.15, 0.2) is 11.6 Å². The van der Waals surface area contributed by atoms with Crippen molar-refractivity contribution in [2.75, 3.05) is 16.0 Å². The van der Waals surface area contributed by atoms with Crippen molar-refractivity contribution in [2.24, 2.45) is 0 Å². The van der Waals surface area contributed by atoms with E-state index in [1.54, 1.807) is 6.92 Å². The Kier molecular flexibility index (Phi) is 3.54. The zero-order valence-corrected chi connectivity index (χ0v) is 13.5. The van der Waals surface area contributed by atoms with Crippen molar-refractivity contribution < 1.29 is 4.79 Å². The van der Waals surface area contributed by atoms with Crippen LogP contribution in [0.25, 0.3) is 10.6 Å². The lowest BCUT2D eigenvalue weighted by Gasteiger charge is -2.24. The lowest BCUT2D eigenvalue weighted by atomic mass is 10.2. The topological polar surface area (TPSA) is 105 Å². The Balaban J connectivity index is 1.62. The van der Waals surface area contributed by atoms with Gasteiger partial charge in [-0.1, -0.05) is 41.7 Å². The minimum atomic E-state index is -0.341.